The van der Waals surface area contributed by atoms with Gasteiger partial charge in [-0.2, -0.15) is 4.37 Å². The lowest BCUT2D eigenvalue weighted by Crippen LogP contribution is -1.95. The Labute approximate surface area is 140 Å². The fourth-order valence-corrected chi connectivity index (χ4v) is 3.12. The second kappa shape index (κ2) is 7.05. The van der Waals surface area contributed by atoms with E-state index in [2.05, 4.69) is 19.6 Å². The second-order valence-electron chi connectivity index (χ2n) is 4.88. The first-order valence-electron chi connectivity index (χ1n) is 6.82. The molecule has 2 aromatic heterocycles. The normalized spacial score (nSPS) is 11.1. The third kappa shape index (κ3) is 4.26. The molecule has 23 heavy (non-hydrogen) atoms. The van der Waals surface area contributed by atoms with Crippen molar-refractivity contribution in [1.82, 2.24) is 19.6 Å². The van der Waals surface area contributed by atoms with Crippen molar-refractivity contribution < 1.29 is 13.5 Å². The maximum atomic E-state index is 12.8. The maximum Gasteiger partial charge on any atom is 0.283 e. The highest BCUT2D eigenvalue weighted by Crippen LogP contribution is 2.29. The average molecular weight is 352 g/mol. The van der Waals surface area contributed by atoms with Crippen molar-refractivity contribution in [2.24, 2.45) is 0 Å². The standard InChI is InChI=1S/C14H13FN4O2S2/c1-8(2)12-16-14(23-19-12)22-13-18-17-11(21-13)7-20-10-5-3-9(15)4-6-10/h3-6,8H,7H2,1-2H3. The van der Waals surface area contributed by atoms with Gasteiger partial charge in [0.25, 0.3) is 11.1 Å². The molecule has 0 amide bonds. The fourth-order valence-electron chi connectivity index (χ4n) is 1.58. The highest BCUT2D eigenvalue weighted by molar-refractivity contribution is 8.00. The van der Waals surface area contributed by atoms with Crippen molar-refractivity contribution in [3.05, 3.63) is 41.8 Å². The van der Waals surface area contributed by atoms with Gasteiger partial charge in [0.15, 0.2) is 10.9 Å². The van der Waals surface area contributed by atoms with E-state index < -0.39 is 0 Å². The predicted octanol–water partition coefficient (Wildman–Crippen LogP) is 3.91. The fraction of sp³-hybridized carbons (Fsp3) is 0.286. The molecule has 0 fully saturated rings. The number of ether oxygens (including phenoxy) is 1. The summed E-state index contributed by atoms with van der Waals surface area (Å²) in [5.41, 5.74) is 0. The zero-order chi connectivity index (χ0) is 16.2. The molecule has 3 aromatic rings. The van der Waals surface area contributed by atoms with Crippen LogP contribution in [0.15, 0.2) is 38.2 Å². The highest BCUT2D eigenvalue weighted by Gasteiger charge is 2.13. The van der Waals surface area contributed by atoms with E-state index in [1.807, 2.05) is 13.8 Å². The molecule has 0 N–H and O–H groups in total. The molecule has 2 heterocycles. The van der Waals surface area contributed by atoms with Crippen molar-refractivity contribution in [2.75, 3.05) is 0 Å². The molecule has 1 aromatic carbocycles. The number of aromatic nitrogens is 4. The summed E-state index contributed by atoms with van der Waals surface area (Å²) < 4.78 is 28.8. The summed E-state index contributed by atoms with van der Waals surface area (Å²) in [5.74, 6) is 1.64. The molecule has 9 heteroatoms. The van der Waals surface area contributed by atoms with Crippen LogP contribution < -0.4 is 4.74 Å². The number of rotatable bonds is 6. The molecule has 0 radical (unpaired) electrons. The Balaban J connectivity index is 1.58. The molecule has 6 nitrogen and oxygen atoms in total. The molecular formula is C14H13FN4O2S2. The second-order valence-corrected chi connectivity index (χ2v) is 6.83. The summed E-state index contributed by atoms with van der Waals surface area (Å²) in [7, 11) is 0. The minimum absolute atomic E-state index is 0.118. The maximum absolute atomic E-state index is 12.8. The van der Waals surface area contributed by atoms with Crippen molar-refractivity contribution in [3.8, 4) is 5.75 Å². The van der Waals surface area contributed by atoms with E-state index in [0.717, 1.165) is 10.2 Å². The topological polar surface area (TPSA) is 73.9 Å². The lowest BCUT2D eigenvalue weighted by Gasteiger charge is -2.01. The van der Waals surface area contributed by atoms with Gasteiger partial charge in [-0.05, 0) is 35.8 Å². The van der Waals surface area contributed by atoms with Gasteiger partial charge >= 0.3 is 0 Å². The average Bonchev–Trinajstić information content (AvgIpc) is 3.17. The van der Waals surface area contributed by atoms with Crippen LogP contribution in [-0.4, -0.2) is 19.6 Å². The first-order valence-corrected chi connectivity index (χ1v) is 8.41. The molecule has 0 saturated carbocycles. The summed E-state index contributed by atoms with van der Waals surface area (Å²) in [6.07, 6.45) is 0. The van der Waals surface area contributed by atoms with Gasteiger partial charge in [0, 0.05) is 17.7 Å². The predicted molar refractivity (Wildman–Crippen MR) is 83.2 cm³/mol. The van der Waals surface area contributed by atoms with E-state index in [1.54, 1.807) is 0 Å². The molecular weight excluding hydrogens is 339 g/mol. The minimum Gasteiger partial charge on any atom is -0.484 e. The molecule has 0 aliphatic heterocycles. The van der Waals surface area contributed by atoms with Gasteiger partial charge in [0.2, 0.25) is 0 Å². The van der Waals surface area contributed by atoms with Gasteiger partial charge in [-0.1, -0.05) is 13.8 Å². The Morgan fingerprint density at radius 2 is 2.04 bits per heavy atom. The molecule has 0 bridgehead atoms. The molecule has 3 rings (SSSR count). The quantitative estimate of drug-likeness (QED) is 0.666. The first kappa shape index (κ1) is 15.9. The van der Waals surface area contributed by atoms with Crippen LogP contribution in [0, 0.1) is 5.82 Å². The van der Waals surface area contributed by atoms with E-state index >= 15 is 0 Å². The van der Waals surface area contributed by atoms with Gasteiger partial charge in [0.05, 0.1) is 0 Å². The van der Waals surface area contributed by atoms with Crippen LogP contribution in [0.25, 0.3) is 0 Å². The first-order chi connectivity index (χ1) is 11.1. The zero-order valence-corrected chi connectivity index (χ0v) is 14.0. The molecule has 0 atom stereocenters. The van der Waals surface area contributed by atoms with E-state index in [-0.39, 0.29) is 18.3 Å². The SMILES string of the molecule is CC(C)c1nsc(Sc2nnc(COc3ccc(F)cc3)o2)n1. The van der Waals surface area contributed by atoms with E-state index in [4.69, 9.17) is 9.15 Å². The summed E-state index contributed by atoms with van der Waals surface area (Å²) >= 11 is 2.57. The van der Waals surface area contributed by atoms with E-state index in [9.17, 15) is 4.39 Å². The molecule has 0 spiro atoms. The van der Waals surface area contributed by atoms with Gasteiger partial charge in [-0.25, -0.2) is 9.37 Å². The molecule has 0 unspecified atom stereocenters. The van der Waals surface area contributed by atoms with Crippen LogP contribution in [-0.2, 0) is 6.61 Å². The Morgan fingerprint density at radius 3 is 2.74 bits per heavy atom. The van der Waals surface area contributed by atoms with Crippen molar-refractivity contribution in [2.45, 2.75) is 35.9 Å². The van der Waals surface area contributed by atoms with Crippen LogP contribution >= 0.6 is 23.3 Å². The van der Waals surface area contributed by atoms with Crippen molar-refractivity contribution >= 4 is 23.3 Å². The smallest absolute Gasteiger partial charge is 0.283 e. The number of benzene rings is 1. The Morgan fingerprint density at radius 1 is 1.26 bits per heavy atom. The summed E-state index contributed by atoms with van der Waals surface area (Å²) in [5, 5.41) is 8.23. The number of halogens is 1. The minimum atomic E-state index is -0.313. The largest absolute Gasteiger partial charge is 0.484 e. The van der Waals surface area contributed by atoms with Gasteiger partial charge in [0.1, 0.15) is 17.4 Å². The summed E-state index contributed by atoms with van der Waals surface area (Å²) in [6, 6.07) is 5.73. The molecule has 0 aliphatic carbocycles. The van der Waals surface area contributed by atoms with Crippen LogP contribution in [0.4, 0.5) is 4.39 Å². The Bertz CT molecular complexity index is 773. The number of hydrogen-bond acceptors (Lipinski definition) is 8. The van der Waals surface area contributed by atoms with Crippen LogP contribution in [0.1, 0.15) is 31.5 Å². The molecule has 120 valence electrons. The molecule has 0 saturated heterocycles. The number of nitrogens with zero attached hydrogens (tertiary/aromatic N) is 4. The lowest BCUT2D eigenvalue weighted by molar-refractivity contribution is 0.252. The highest BCUT2D eigenvalue weighted by atomic mass is 32.2. The Kier molecular flexibility index (Phi) is 4.87. The zero-order valence-electron chi connectivity index (χ0n) is 12.4. The lowest BCUT2D eigenvalue weighted by atomic mass is 10.2. The Hall–Kier alpha value is -2.00. The van der Waals surface area contributed by atoms with Crippen LogP contribution in [0.5, 0.6) is 5.75 Å². The monoisotopic (exact) mass is 352 g/mol. The third-order valence-corrected chi connectivity index (χ3v) is 4.34. The third-order valence-electron chi connectivity index (χ3n) is 2.74. The van der Waals surface area contributed by atoms with Crippen molar-refractivity contribution in [3.63, 3.8) is 0 Å². The number of hydrogen-bond donors (Lipinski definition) is 0. The van der Waals surface area contributed by atoms with E-state index in [0.29, 0.717) is 16.9 Å². The van der Waals surface area contributed by atoms with E-state index in [1.165, 1.54) is 47.6 Å². The van der Waals surface area contributed by atoms with Gasteiger partial charge in [-0.15, -0.1) is 10.2 Å². The molecule has 0 aliphatic rings. The van der Waals surface area contributed by atoms with Gasteiger partial charge < -0.3 is 9.15 Å². The van der Waals surface area contributed by atoms with Gasteiger partial charge in [-0.3, -0.25) is 0 Å². The van der Waals surface area contributed by atoms with Crippen molar-refractivity contribution in [1.29, 1.82) is 0 Å². The summed E-state index contributed by atoms with van der Waals surface area (Å²) in [6.45, 7) is 4.19. The van der Waals surface area contributed by atoms with Crippen LogP contribution in [0.2, 0.25) is 0 Å². The summed E-state index contributed by atoms with van der Waals surface area (Å²) in [4.78, 5) is 4.39. The van der Waals surface area contributed by atoms with Crippen LogP contribution in [0.3, 0.4) is 0 Å².